The molecule has 0 bridgehead atoms. The Labute approximate surface area is 64.7 Å². The first-order valence-corrected chi connectivity index (χ1v) is 2.40. The summed E-state index contributed by atoms with van der Waals surface area (Å²) in [6.07, 6.45) is 0. The summed E-state index contributed by atoms with van der Waals surface area (Å²) in [6.45, 7) is 0. The predicted molar refractivity (Wildman–Crippen MR) is 35.3 cm³/mol. The van der Waals surface area contributed by atoms with Gasteiger partial charge in [0.15, 0.2) is 0 Å². The number of anilines is 2. The standard InChI is InChI=1S/C6H8N2.Mn/c7-5-3-1-2-4-6(5)8;/h1-4H,7-8H2;. The van der Waals surface area contributed by atoms with E-state index in [9.17, 15) is 0 Å². The third-order valence-corrected chi connectivity index (χ3v) is 0.996. The zero-order valence-electron chi connectivity index (χ0n) is 4.84. The fourth-order valence-electron chi connectivity index (χ4n) is 0.511. The Kier molecular flexibility index (Phi) is 3.13. The van der Waals surface area contributed by atoms with Crippen molar-refractivity contribution >= 4 is 11.4 Å². The van der Waals surface area contributed by atoms with Crippen LogP contribution in [-0.2, 0) is 17.1 Å². The quantitative estimate of drug-likeness (QED) is 0.440. The monoisotopic (exact) mass is 163 g/mol. The molecule has 0 fully saturated rings. The van der Waals surface area contributed by atoms with Gasteiger partial charge in [-0.25, -0.2) is 0 Å². The number of hydrogen-bond donors (Lipinski definition) is 2. The number of nitrogen functional groups attached to an aromatic ring is 2. The molecule has 0 unspecified atom stereocenters. The second kappa shape index (κ2) is 3.38. The number of rotatable bonds is 0. The summed E-state index contributed by atoms with van der Waals surface area (Å²) in [5.74, 6) is 0. The number of para-hydroxylation sites is 2. The SMILES string of the molecule is Nc1ccccc1N.[Mn]. The molecule has 0 aliphatic rings. The number of nitrogens with two attached hydrogens (primary N) is 2. The zero-order chi connectivity index (χ0) is 5.98. The molecule has 1 radical (unpaired) electrons. The molecule has 0 saturated heterocycles. The topological polar surface area (TPSA) is 52.0 Å². The van der Waals surface area contributed by atoms with E-state index in [1.54, 1.807) is 12.1 Å². The Hall–Kier alpha value is -0.661. The van der Waals surface area contributed by atoms with Crippen molar-refractivity contribution in [2.45, 2.75) is 0 Å². The van der Waals surface area contributed by atoms with E-state index >= 15 is 0 Å². The van der Waals surface area contributed by atoms with Crippen molar-refractivity contribution in [1.29, 1.82) is 0 Å². The van der Waals surface area contributed by atoms with Crippen molar-refractivity contribution in [2.75, 3.05) is 11.5 Å². The summed E-state index contributed by atoms with van der Waals surface area (Å²) in [6, 6.07) is 7.25. The van der Waals surface area contributed by atoms with Crippen LogP contribution in [0.1, 0.15) is 0 Å². The van der Waals surface area contributed by atoms with Gasteiger partial charge in [0.2, 0.25) is 0 Å². The zero-order valence-corrected chi connectivity index (χ0v) is 6.02. The fraction of sp³-hybridized carbons (Fsp3) is 0. The van der Waals surface area contributed by atoms with Crippen molar-refractivity contribution in [3.63, 3.8) is 0 Å². The van der Waals surface area contributed by atoms with Crippen LogP contribution < -0.4 is 11.5 Å². The van der Waals surface area contributed by atoms with Crippen LogP contribution in [0.3, 0.4) is 0 Å². The molecule has 0 saturated carbocycles. The number of hydrogen-bond acceptors (Lipinski definition) is 2. The maximum absolute atomic E-state index is 5.39. The molecule has 0 aliphatic heterocycles. The average molecular weight is 163 g/mol. The minimum Gasteiger partial charge on any atom is -0.397 e. The Morgan fingerprint density at radius 3 is 1.44 bits per heavy atom. The Morgan fingerprint density at radius 2 is 1.22 bits per heavy atom. The minimum absolute atomic E-state index is 0. The maximum Gasteiger partial charge on any atom is 0.0547 e. The Bertz CT molecular complexity index is 167. The van der Waals surface area contributed by atoms with E-state index in [4.69, 9.17) is 11.5 Å². The molecular weight excluding hydrogens is 155 g/mol. The molecule has 0 aliphatic carbocycles. The molecule has 49 valence electrons. The second-order valence-corrected chi connectivity index (χ2v) is 1.63. The predicted octanol–water partition coefficient (Wildman–Crippen LogP) is 0.849. The van der Waals surface area contributed by atoms with Gasteiger partial charge in [0.25, 0.3) is 0 Å². The summed E-state index contributed by atoms with van der Waals surface area (Å²) in [4.78, 5) is 0. The Balaban J connectivity index is 0.000000640. The van der Waals surface area contributed by atoms with E-state index in [0.29, 0.717) is 11.4 Å². The van der Waals surface area contributed by atoms with Crippen LogP contribution in [0, 0.1) is 0 Å². The van der Waals surface area contributed by atoms with Crippen LogP contribution in [0.5, 0.6) is 0 Å². The normalized spacial score (nSPS) is 8.00. The maximum atomic E-state index is 5.39. The van der Waals surface area contributed by atoms with E-state index < -0.39 is 0 Å². The van der Waals surface area contributed by atoms with E-state index in [-0.39, 0.29) is 17.1 Å². The van der Waals surface area contributed by atoms with Crippen LogP contribution in [-0.4, -0.2) is 0 Å². The van der Waals surface area contributed by atoms with Gasteiger partial charge in [0, 0.05) is 17.1 Å². The van der Waals surface area contributed by atoms with Gasteiger partial charge in [-0.1, -0.05) is 12.1 Å². The van der Waals surface area contributed by atoms with Crippen molar-refractivity contribution in [3.8, 4) is 0 Å². The molecule has 9 heavy (non-hydrogen) atoms. The minimum atomic E-state index is 0. The summed E-state index contributed by atoms with van der Waals surface area (Å²) >= 11 is 0. The number of benzene rings is 1. The van der Waals surface area contributed by atoms with Gasteiger partial charge in [-0.2, -0.15) is 0 Å². The molecule has 2 nitrogen and oxygen atoms in total. The van der Waals surface area contributed by atoms with Gasteiger partial charge < -0.3 is 11.5 Å². The molecule has 3 heteroatoms. The summed E-state index contributed by atoms with van der Waals surface area (Å²) in [5, 5.41) is 0. The van der Waals surface area contributed by atoms with Gasteiger partial charge in [-0.3, -0.25) is 0 Å². The second-order valence-electron chi connectivity index (χ2n) is 1.63. The van der Waals surface area contributed by atoms with Gasteiger partial charge >= 0.3 is 0 Å². The first-order valence-electron chi connectivity index (χ1n) is 2.40. The van der Waals surface area contributed by atoms with Crippen LogP contribution in [0.4, 0.5) is 11.4 Å². The molecule has 1 aromatic rings. The van der Waals surface area contributed by atoms with Gasteiger partial charge in [0.05, 0.1) is 11.4 Å². The van der Waals surface area contributed by atoms with Crippen LogP contribution in [0.25, 0.3) is 0 Å². The molecule has 4 N–H and O–H groups in total. The van der Waals surface area contributed by atoms with Crippen molar-refractivity contribution in [3.05, 3.63) is 24.3 Å². The third kappa shape index (κ3) is 1.96. The molecule has 1 aromatic carbocycles. The van der Waals surface area contributed by atoms with Crippen LogP contribution >= 0.6 is 0 Å². The fourth-order valence-corrected chi connectivity index (χ4v) is 0.511. The third-order valence-electron chi connectivity index (χ3n) is 0.996. The molecular formula is C6H8MnN2. The van der Waals surface area contributed by atoms with Crippen molar-refractivity contribution in [2.24, 2.45) is 0 Å². The van der Waals surface area contributed by atoms with Crippen molar-refractivity contribution < 1.29 is 17.1 Å². The molecule has 0 amide bonds. The summed E-state index contributed by atoms with van der Waals surface area (Å²) in [5.41, 5.74) is 12.1. The summed E-state index contributed by atoms with van der Waals surface area (Å²) in [7, 11) is 0. The van der Waals surface area contributed by atoms with Gasteiger partial charge in [-0.15, -0.1) is 0 Å². The smallest absolute Gasteiger partial charge is 0.0547 e. The molecule has 0 heterocycles. The Morgan fingerprint density at radius 1 is 0.889 bits per heavy atom. The van der Waals surface area contributed by atoms with E-state index in [1.807, 2.05) is 12.1 Å². The van der Waals surface area contributed by atoms with Crippen LogP contribution in [0.15, 0.2) is 24.3 Å². The molecule has 0 aromatic heterocycles. The van der Waals surface area contributed by atoms with E-state index in [1.165, 1.54) is 0 Å². The average Bonchev–Trinajstić information content (AvgIpc) is 1.77. The van der Waals surface area contributed by atoms with Gasteiger partial charge in [-0.05, 0) is 12.1 Å². The molecule has 0 spiro atoms. The van der Waals surface area contributed by atoms with E-state index in [2.05, 4.69) is 0 Å². The molecule has 1 rings (SSSR count). The largest absolute Gasteiger partial charge is 0.397 e. The van der Waals surface area contributed by atoms with Crippen LogP contribution in [0.2, 0.25) is 0 Å². The van der Waals surface area contributed by atoms with E-state index in [0.717, 1.165) is 0 Å². The van der Waals surface area contributed by atoms with Crippen molar-refractivity contribution in [1.82, 2.24) is 0 Å². The summed E-state index contributed by atoms with van der Waals surface area (Å²) < 4.78 is 0. The first kappa shape index (κ1) is 8.34. The van der Waals surface area contributed by atoms with Gasteiger partial charge in [0.1, 0.15) is 0 Å². The first-order chi connectivity index (χ1) is 3.80. The molecule has 0 atom stereocenters.